The third-order valence-electron chi connectivity index (χ3n) is 3.64. The Morgan fingerprint density at radius 1 is 1.14 bits per heavy atom. The van der Waals surface area contributed by atoms with Crippen LogP contribution in [-0.4, -0.2) is 18.0 Å². The van der Waals surface area contributed by atoms with Crippen molar-refractivity contribution in [2.75, 3.05) is 7.11 Å². The number of hydrogen-bond donors (Lipinski definition) is 1. The Morgan fingerprint density at radius 2 is 1.77 bits per heavy atom. The summed E-state index contributed by atoms with van der Waals surface area (Å²) in [5, 5.41) is 3.01. The number of carbonyl (C=O) groups excluding carboxylic acids is 1. The van der Waals surface area contributed by atoms with Crippen LogP contribution in [0, 0.1) is 5.92 Å². The van der Waals surface area contributed by atoms with Crippen molar-refractivity contribution in [3.8, 4) is 5.75 Å². The average molecular weight is 298 g/mol. The fourth-order valence-electron chi connectivity index (χ4n) is 2.45. The van der Waals surface area contributed by atoms with Gasteiger partial charge in [-0.15, -0.1) is 0 Å². The topological polar surface area (TPSA) is 51.2 Å². The second kappa shape index (κ2) is 7.59. The summed E-state index contributed by atoms with van der Waals surface area (Å²) >= 11 is 0. The standard InChI is InChI=1S/C18H22N2O2/c1-13(2)17(15-4-6-16(22-3)7-5-15)18(21)20-12-14-8-10-19-11-9-14/h4-11,13,17H,12H2,1-3H3,(H,20,21). The molecule has 0 radical (unpaired) electrons. The molecule has 0 aliphatic rings. The third-order valence-corrected chi connectivity index (χ3v) is 3.64. The zero-order valence-electron chi connectivity index (χ0n) is 13.2. The molecule has 4 nitrogen and oxygen atoms in total. The van der Waals surface area contributed by atoms with Crippen molar-refractivity contribution in [1.82, 2.24) is 10.3 Å². The number of rotatable bonds is 6. The number of methoxy groups -OCH3 is 1. The molecular weight excluding hydrogens is 276 g/mol. The first-order chi connectivity index (χ1) is 10.6. The second-order valence-corrected chi connectivity index (χ2v) is 5.57. The Labute approximate surface area is 131 Å². The molecule has 4 heteroatoms. The molecular formula is C18H22N2O2. The Kier molecular flexibility index (Phi) is 5.53. The molecule has 1 aromatic heterocycles. The fourth-order valence-corrected chi connectivity index (χ4v) is 2.45. The first-order valence-electron chi connectivity index (χ1n) is 7.42. The highest BCUT2D eigenvalue weighted by molar-refractivity contribution is 5.83. The van der Waals surface area contributed by atoms with E-state index in [-0.39, 0.29) is 17.7 Å². The van der Waals surface area contributed by atoms with E-state index in [0.717, 1.165) is 16.9 Å². The van der Waals surface area contributed by atoms with Crippen LogP contribution in [-0.2, 0) is 11.3 Å². The smallest absolute Gasteiger partial charge is 0.228 e. The van der Waals surface area contributed by atoms with Crippen LogP contribution in [0.25, 0.3) is 0 Å². The summed E-state index contributed by atoms with van der Waals surface area (Å²) in [4.78, 5) is 16.5. The summed E-state index contributed by atoms with van der Waals surface area (Å²) in [6.07, 6.45) is 3.45. The van der Waals surface area contributed by atoms with E-state index in [1.807, 2.05) is 36.4 Å². The van der Waals surface area contributed by atoms with Gasteiger partial charge in [0.05, 0.1) is 13.0 Å². The Hall–Kier alpha value is -2.36. The van der Waals surface area contributed by atoms with Gasteiger partial charge in [0.25, 0.3) is 0 Å². The third kappa shape index (κ3) is 4.07. The maximum atomic E-state index is 12.6. The van der Waals surface area contributed by atoms with Gasteiger partial charge >= 0.3 is 0 Å². The van der Waals surface area contributed by atoms with Crippen molar-refractivity contribution in [3.05, 3.63) is 59.9 Å². The van der Waals surface area contributed by atoms with Gasteiger partial charge in [-0.3, -0.25) is 9.78 Å². The van der Waals surface area contributed by atoms with Crippen LogP contribution in [0.3, 0.4) is 0 Å². The van der Waals surface area contributed by atoms with Crippen molar-refractivity contribution < 1.29 is 9.53 Å². The van der Waals surface area contributed by atoms with Crippen LogP contribution >= 0.6 is 0 Å². The summed E-state index contributed by atoms with van der Waals surface area (Å²) in [6, 6.07) is 11.5. The van der Waals surface area contributed by atoms with Crippen molar-refractivity contribution in [2.24, 2.45) is 5.92 Å². The molecule has 1 heterocycles. The SMILES string of the molecule is COc1ccc(C(C(=O)NCc2ccncc2)C(C)C)cc1. The number of hydrogen-bond acceptors (Lipinski definition) is 3. The molecule has 1 atom stereocenters. The minimum Gasteiger partial charge on any atom is -0.497 e. The van der Waals surface area contributed by atoms with Crippen LogP contribution in [0.1, 0.15) is 30.9 Å². The summed E-state index contributed by atoms with van der Waals surface area (Å²) < 4.78 is 5.17. The van der Waals surface area contributed by atoms with Gasteiger partial charge in [-0.1, -0.05) is 26.0 Å². The fraction of sp³-hybridized carbons (Fsp3) is 0.333. The molecule has 0 spiro atoms. The van der Waals surface area contributed by atoms with Gasteiger partial charge in [0, 0.05) is 18.9 Å². The molecule has 0 aliphatic carbocycles. The highest BCUT2D eigenvalue weighted by Crippen LogP contribution is 2.26. The van der Waals surface area contributed by atoms with E-state index in [4.69, 9.17) is 4.74 Å². The molecule has 1 amide bonds. The summed E-state index contributed by atoms with van der Waals surface area (Å²) in [6.45, 7) is 4.63. The summed E-state index contributed by atoms with van der Waals surface area (Å²) in [5.41, 5.74) is 2.05. The van der Waals surface area contributed by atoms with Crippen molar-refractivity contribution >= 4 is 5.91 Å². The quantitative estimate of drug-likeness (QED) is 0.891. The molecule has 1 aromatic carbocycles. The number of carbonyl (C=O) groups is 1. The van der Waals surface area contributed by atoms with Crippen molar-refractivity contribution in [1.29, 1.82) is 0 Å². The average Bonchev–Trinajstić information content (AvgIpc) is 2.54. The number of ether oxygens (including phenoxy) is 1. The molecule has 0 saturated carbocycles. The van der Waals surface area contributed by atoms with Gasteiger partial charge in [0.15, 0.2) is 0 Å². The molecule has 22 heavy (non-hydrogen) atoms. The molecule has 0 aliphatic heterocycles. The first-order valence-corrected chi connectivity index (χ1v) is 7.42. The molecule has 1 N–H and O–H groups in total. The van der Waals surface area contributed by atoms with E-state index in [9.17, 15) is 4.79 Å². The second-order valence-electron chi connectivity index (χ2n) is 5.57. The van der Waals surface area contributed by atoms with Gasteiger partial charge in [-0.2, -0.15) is 0 Å². The van der Waals surface area contributed by atoms with E-state index in [2.05, 4.69) is 24.1 Å². The molecule has 1 unspecified atom stereocenters. The van der Waals surface area contributed by atoms with E-state index in [1.54, 1.807) is 19.5 Å². The van der Waals surface area contributed by atoms with Gasteiger partial charge in [-0.25, -0.2) is 0 Å². The number of aromatic nitrogens is 1. The molecule has 116 valence electrons. The number of nitrogens with one attached hydrogen (secondary N) is 1. The van der Waals surface area contributed by atoms with Gasteiger partial charge in [0.1, 0.15) is 5.75 Å². The minimum atomic E-state index is -0.173. The highest BCUT2D eigenvalue weighted by atomic mass is 16.5. The van der Waals surface area contributed by atoms with E-state index in [1.165, 1.54) is 0 Å². The summed E-state index contributed by atoms with van der Waals surface area (Å²) in [5.74, 6) is 0.874. The molecule has 0 saturated heterocycles. The normalized spacial score (nSPS) is 12.0. The Balaban J connectivity index is 2.08. The zero-order chi connectivity index (χ0) is 15.9. The number of benzene rings is 1. The van der Waals surface area contributed by atoms with Gasteiger partial charge in [0.2, 0.25) is 5.91 Å². The van der Waals surface area contributed by atoms with Crippen LogP contribution in [0.2, 0.25) is 0 Å². The number of pyridine rings is 1. The van der Waals surface area contributed by atoms with Gasteiger partial charge < -0.3 is 10.1 Å². The summed E-state index contributed by atoms with van der Waals surface area (Å²) in [7, 11) is 1.64. The monoisotopic (exact) mass is 298 g/mol. The van der Waals surface area contributed by atoms with Crippen LogP contribution in [0.15, 0.2) is 48.8 Å². The lowest BCUT2D eigenvalue weighted by molar-refractivity contribution is -0.123. The van der Waals surface area contributed by atoms with Crippen molar-refractivity contribution in [3.63, 3.8) is 0 Å². The maximum Gasteiger partial charge on any atom is 0.228 e. The number of nitrogens with zero attached hydrogens (tertiary/aromatic N) is 1. The molecule has 2 rings (SSSR count). The van der Waals surface area contributed by atoms with Gasteiger partial charge in [-0.05, 0) is 41.3 Å². The highest BCUT2D eigenvalue weighted by Gasteiger charge is 2.23. The van der Waals surface area contributed by atoms with Crippen LogP contribution in [0.4, 0.5) is 0 Å². The zero-order valence-corrected chi connectivity index (χ0v) is 13.2. The Morgan fingerprint density at radius 3 is 2.32 bits per heavy atom. The van der Waals surface area contributed by atoms with E-state index < -0.39 is 0 Å². The minimum absolute atomic E-state index is 0.0389. The number of amides is 1. The lowest BCUT2D eigenvalue weighted by Gasteiger charge is -2.21. The lowest BCUT2D eigenvalue weighted by Crippen LogP contribution is -2.31. The van der Waals surface area contributed by atoms with E-state index >= 15 is 0 Å². The van der Waals surface area contributed by atoms with Crippen LogP contribution in [0.5, 0.6) is 5.75 Å². The molecule has 2 aromatic rings. The van der Waals surface area contributed by atoms with Crippen molar-refractivity contribution in [2.45, 2.75) is 26.3 Å². The predicted molar refractivity (Wildman–Crippen MR) is 86.7 cm³/mol. The van der Waals surface area contributed by atoms with E-state index in [0.29, 0.717) is 6.54 Å². The Bertz CT molecular complexity index is 594. The van der Waals surface area contributed by atoms with Crippen LogP contribution < -0.4 is 10.1 Å². The molecule has 0 bridgehead atoms. The maximum absolute atomic E-state index is 12.6. The predicted octanol–water partition coefficient (Wildman–Crippen LogP) is 3.15. The molecule has 0 fully saturated rings. The lowest BCUT2D eigenvalue weighted by atomic mass is 9.87. The first kappa shape index (κ1) is 16.0. The largest absolute Gasteiger partial charge is 0.497 e.